The van der Waals surface area contributed by atoms with Crippen molar-refractivity contribution in [2.75, 3.05) is 0 Å². The molecule has 2 heterocycles. The van der Waals surface area contributed by atoms with E-state index in [1.165, 1.54) is 16.3 Å². The molecule has 0 saturated heterocycles. The van der Waals surface area contributed by atoms with Crippen LogP contribution in [-0.2, 0) is 0 Å². The summed E-state index contributed by atoms with van der Waals surface area (Å²) in [6.45, 7) is 0. The van der Waals surface area contributed by atoms with Gasteiger partial charge in [0.25, 0.3) is 0 Å². The van der Waals surface area contributed by atoms with E-state index in [-0.39, 0.29) is 0 Å². The van der Waals surface area contributed by atoms with Gasteiger partial charge in [0, 0.05) is 23.2 Å². The molecule has 1 aromatic carbocycles. The second-order valence-electron chi connectivity index (χ2n) is 4.13. The van der Waals surface area contributed by atoms with Gasteiger partial charge in [0.1, 0.15) is 0 Å². The topological polar surface area (TPSA) is 37.8 Å². The Morgan fingerprint density at radius 3 is 3.00 bits per heavy atom. The number of nitrogens with one attached hydrogen (secondary N) is 1. The summed E-state index contributed by atoms with van der Waals surface area (Å²) in [6, 6.07) is 10.4. The SMILES string of the molecule is C1=Cc2nnc3ccc4cccc(c4-3)c2=CN1. The van der Waals surface area contributed by atoms with Crippen molar-refractivity contribution in [3.8, 4) is 11.3 Å². The van der Waals surface area contributed by atoms with Crippen molar-refractivity contribution >= 4 is 23.0 Å². The van der Waals surface area contributed by atoms with Crippen molar-refractivity contribution in [3.05, 3.63) is 47.4 Å². The zero-order valence-corrected chi connectivity index (χ0v) is 9.01. The van der Waals surface area contributed by atoms with Gasteiger partial charge in [-0.2, -0.15) is 0 Å². The number of hydrogen-bond acceptors (Lipinski definition) is 3. The van der Waals surface area contributed by atoms with Crippen LogP contribution in [-0.4, -0.2) is 10.2 Å². The molecule has 3 aliphatic rings. The fourth-order valence-corrected chi connectivity index (χ4v) is 2.39. The van der Waals surface area contributed by atoms with Crippen LogP contribution in [0.15, 0.2) is 36.5 Å². The normalized spacial score (nSPS) is 13.4. The van der Waals surface area contributed by atoms with E-state index < -0.39 is 0 Å². The largest absolute Gasteiger partial charge is 0.367 e. The van der Waals surface area contributed by atoms with Crippen LogP contribution in [0.25, 0.3) is 34.3 Å². The zero-order chi connectivity index (χ0) is 11.2. The lowest BCUT2D eigenvalue weighted by atomic mass is 10.0. The number of benzene rings is 1. The maximum atomic E-state index is 4.32. The molecule has 1 aromatic rings. The van der Waals surface area contributed by atoms with E-state index in [1.54, 1.807) is 0 Å². The van der Waals surface area contributed by atoms with Gasteiger partial charge in [-0.05, 0) is 22.9 Å². The Hall–Kier alpha value is -2.42. The smallest absolute Gasteiger partial charge is 0.0964 e. The molecule has 0 spiro atoms. The highest BCUT2D eigenvalue weighted by Crippen LogP contribution is 2.30. The lowest BCUT2D eigenvalue weighted by Gasteiger charge is -2.02. The fraction of sp³-hybridized carbons (Fsp3) is 0. The summed E-state index contributed by atoms with van der Waals surface area (Å²) in [7, 11) is 0. The van der Waals surface area contributed by atoms with Crippen molar-refractivity contribution in [3.63, 3.8) is 0 Å². The van der Waals surface area contributed by atoms with E-state index >= 15 is 0 Å². The molecule has 0 aromatic heterocycles. The Labute approximate surface area is 97.8 Å². The summed E-state index contributed by atoms with van der Waals surface area (Å²) in [5, 5.41) is 15.2. The molecule has 17 heavy (non-hydrogen) atoms. The first-order valence-electron chi connectivity index (χ1n) is 5.54. The number of aromatic nitrogens is 2. The third-order valence-corrected chi connectivity index (χ3v) is 3.17. The number of rotatable bonds is 0. The molecule has 0 bridgehead atoms. The van der Waals surface area contributed by atoms with E-state index in [0.717, 1.165) is 16.6 Å². The molecule has 4 rings (SSSR count). The first-order valence-corrected chi connectivity index (χ1v) is 5.54. The van der Waals surface area contributed by atoms with E-state index in [4.69, 9.17) is 0 Å². The van der Waals surface area contributed by atoms with Crippen LogP contribution in [0, 0.1) is 0 Å². The third-order valence-electron chi connectivity index (χ3n) is 3.17. The van der Waals surface area contributed by atoms with Gasteiger partial charge in [-0.1, -0.05) is 24.3 Å². The van der Waals surface area contributed by atoms with Gasteiger partial charge in [-0.25, -0.2) is 0 Å². The summed E-state index contributed by atoms with van der Waals surface area (Å²) in [6.07, 6.45) is 5.79. The molecule has 80 valence electrons. The van der Waals surface area contributed by atoms with E-state index in [9.17, 15) is 0 Å². The van der Waals surface area contributed by atoms with Crippen LogP contribution in [0.3, 0.4) is 0 Å². The summed E-state index contributed by atoms with van der Waals surface area (Å²) in [5.41, 5.74) is 3.05. The Balaban J connectivity index is 2.34. The highest BCUT2D eigenvalue weighted by molar-refractivity contribution is 5.98. The van der Waals surface area contributed by atoms with Gasteiger partial charge in [0.05, 0.1) is 11.4 Å². The monoisotopic (exact) mass is 219 g/mol. The molecule has 1 aliphatic carbocycles. The van der Waals surface area contributed by atoms with Gasteiger partial charge < -0.3 is 5.32 Å². The Kier molecular flexibility index (Phi) is 1.56. The summed E-state index contributed by atoms with van der Waals surface area (Å²) in [4.78, 5) is 0. The quantitative estimate of drug-likeness (QED) is 0.626. The van der Waals surface area contributed by atoms with Gasteiger partial charge in [-0.15, -0.1) is 10.2 Å². The molecule has 3 nitrogen and oxygen atoms in total. The van der Waals surface area contributed by atoms with Crippen LogP contribution in [0.5, 0.6) is 0 Å². The van der Waals surface area contributed by atoms with Crippen LogP contribution in [0.4, 0.5) is 0 Å². The molecule has 2 aliphatic heterocycles. The number of hydrogen-bond donors (Lipinski definition) is 1. The summed E-state index contributed by atoms with van der Waals surface area (Å²) in [5.74, 6) is 0. The minimum absolute atomic E-state index is 0.910. The molecular formula is C14H9N3. The van der Waals surface area contributed by atoms with Crippen molar-refractivity contribution in [2.24, 2.45) is 0 Å². The van der Waals surface area contributed by atoms with Crippen LogP contribution in [0.2, 0.25) is 0 Å². The van der Waals surface area contributed by atoms with Crippen LogP contribution >= 0.6 is 0 Å². The fourth-order valence-electron chi connectivity index (χ4n) is 2.39. The minimum atomic E-state index is 0.910. The Morgan fingerprint density at radius 2 is 2.00 bits per heavy atom. The predicted molar refractivity (Wildman–Crippen MR) is 68.0 cm³/mol. The maximum absolute atomic E-state index is 4.32. The first-order chi connectivity index (χ1) is 8.43. The van der Waals surface area contributed by atoms with E-state index in [0.29, 0.717) is 0 Å². The molecule has 0 radical (unpaired) electrons. The Bertz CT molecular complexity index is 774. The van der Waals surface area contributed by atoms with Crippen molar-refractivity contribution in [1.29, 1.82) is 0 Å². The third kappa shape index (κ3) is 1.11. The van der Waals surface area contributed by atoms with Crippen LogP contribution in [0.1, 0.15) is 5.69 Å². The number of nitrogens with zero attached hydrogens (tertiary/aromatic N) is 2. The van der Waals surface area contributed by atoms with Gasteiger partial charge >= 0.3 is 0 Å². The van der Waals surface area contributed by atoms with E-state index in [2.05, 4.69) is 39.8 Å². The summed E-state index contributed by atoms with van der Waals surface area (Å²) < 4.78 is 0. The first kappa shape index (κ1) is 8.70. The molecular weight excluding hydrogens is 210 g/mol. The molecule has 3 heteroatoms. The molecule has 0 atom stereocenters. The second-order valence-corrected chi connectivity index (χ2v) is 4.13. The van der Waals surface area contributed by atoms with Gasteiger partial charge in [-0.3, -0.25) is 0 Å². The number of fused-ring (bicyclic) bond motifs is 2. The van der Waals surface area contributed by atoms with Crippen molar-refractivity contribution in [1.82, 2.24) is 15.5 Å². The van der Waals surface area contributed by atoms with Crippen molar-refractivity contribution in [2.45, 2.75) is 0 Å². The van der Waals surface area contributed by atoms with Gasteiger partial charge in [0.15, 0.2) is 0 Å². The highest BCUT2D eigenvalue weighted by Gasteiger charge is 2.13. The van der Waals surface area contributed by atoms with E-state index in [1.807, 2.05) is 24.5 Å². The minimum Gasteiger partial charge on any atom is -0.367 e. The average molecular weight is 219 g/mol. The molecule has 1 N–H and O–H groups in total. The summed E-state index contributed by atoms with van der Waals surface area (Å²) >= 11 is 0. The lowest BCUT2D eigenvalue weighted by Crippen LogP contribution is -2.15. The second kappa shape index (κ2) is 3.04. The predicted octanol–water partition coefficient (Wildman–Crippen LogP) is 1.77. The molecule has 0 fully saturated rings. The standard InChI is InChI=1S/C14H9N3/c1-2-9-4-5-13-14(9)10(3-1)11-8-15-7-6-12(11)16-17-13/h1-8,15H. The zero-order valence-electron chi connectivity index (χ0n) is 9.01. The van der Waals surface area contributed by atoms with Crippen molar-refractivity contribution < 1.29 is 0 Å². The van der Waals surface area contributed by atoms with Gasteiger partial charge in [0.2, 0.25) is 0 Å². The maximum Gasteiger partial charge on any atom is 0.0964 e. The molecule has 0 unspecified atom stereocenters. The average Bonchev–Trinajstić information content (AvgIpc) is 2.72. The Morgan fingerprint density at radius 1 is 1.00 bits per heavy atom. The lowest BCUT2D eigenvalue weighted by molar-refractivity contribution is 1.04. The van der Waals surface area contributed by atoms with Crippen LogP contribution < -0.4 is 10.5 Å². The molecule has 0 amide bonds. The highest BCUT2D eigenvalue weighted by atomic mass is 15.1. The molecule has 0 saturated carbocycles.